The summed E-state index contributed by atoms with van der Waals surface area (Å²) in [5.41, 5.74) is 3.88. The first-order valence-electron chi connectivity index (χ1n) is 15.7. The van der Waals surface area contributed by atoms with E-state index in [4.69, 9.17) is 9.84 Å². The van der Waals surface area contributed by atoms with E-state index in [1.54, 1.807) is 17.0 Å². The van der Waals surface area contributed by atoms with Crippen LogP contribution in [-0.4, -0.2) is 70.6 Å². The van der Waals surface area contributed by atoms with Crippen LogP contribution in [0.15, 0.2) is 88.0 Å². The van der Waals surface area contributed by atoms with Crippen molar-refractivity contribution in [3.05, 3.63) is 99.1 Å². The predicted octanol–water partition coefficient (Wildman–Crippen LogP) is 4.48. The van der Waals surface area contributed by atoms with Crippen molar-refractivity contribution in [3.63, 3.8) is 0 Å². The van der Waals surface area contributed by atoms with Gasteiger partial charge < -0.3 is 9.84 Å². The van der Waals surface area contributed by atoms with Gasteiger partial charge in [-0.1, -0.05) is 54.1 Å². The first-order chi connectivity index (χ1) is 21.9. The number of halogens is 1. The van der Waals surface area contributed by atoms with E-state index < -0.39 is 17.8 Å². The van der Waals surface area contributed by atoms with E-state index in [1.807, 2.05) is 30.3 Å². The Kier molecular flexibility index (Phi) is 8.18. The summed E-state index contributed by atoms with van der Waals surface area (Å²) in [7, 11) is 0. The molecule has 0 bridgehead atoms. The molecule has 1 N–H and O–H groups in total. The van der Waals surface area contributed by atoms with Crippen LogP contribution in [0.1, 0.15) is 42.7 Å². The number of benzene rings is 2. The molecular weight excluding hydrogens is 636 g/mol. The summed E-state index contributed by atoms with van der Waals surface area (Å²) in [6.07, 6.45) is 5.56. The fourth-order valence-corrected chi connectivity index (χ4v) is 8.51. The standard InChI is InChI=1S/C36H35BrN2O6/c37-29-19-30(41)33-28(34(29)42)18-27-25(31(33)22-6-8-24(9-7-22)45-17-16-40)10-11-26-32(27)36(44)39(35(26)43)23-12-14-38(15-13-23)20-21-4-2-1-3-5-21/h1-10,19,23,26-27,31-32,40H,11-18,20H2/t26-,27+,31-,32-/m0/s1. The van der Waals surface area contributed by atoms with Crippen molar-refractivity contribution in [2.75, 3.05) is 26.3 Å². The minimum absolute atomic E-state index is 0.101. The molecular formula is C36H35BrN2O6. The number of ketones is 2. The van der Waals surface area contributed by atoms with Crippen LogP contribution in [0.4, 0.5) is 0 Å². The molecule has 2 aromatic carbocycles. The minimum Gasteiger partial charge on any atom is -0.491 e. The highest BCUT2D eigenvalue weighted by atomic mass is 79.9. The molecule has 0 saturated carbocycles. The first kappa shape index (κ1) is 30.0. The Morgan fingerprint density at radius 1 is 0.911 bits per heavy atom. The van der Waals surface area contributed by atoms with Gasteiger partial charge in [-0.15, -0.1) is 0 Å². The lowest BCUT2D eigenvalue weighted by molar-refractivity contribution is -0.144. The first-order valence-corrected chi connectivity index (χ1v) is 16.5. The Morgan fingerprint density at radius 3 is 2.36 bits per heavy atom. The van der Waals surface area contributed by atoms with Crippen molar-refractivity contribution in [1.29, 1.82) is 0 Å². The Bertz CT molecular complexity index is 1640. The largest absolute Gasteiger partial charge is 0.491 e. The van der Waals surface area contributed by atoms with Gasteiger partial charge in [0, 0.05) is 48.8 Å². The molecule has 0 unspecified atom stereocenters. The number of rotatable bonds is 7. The van der Waals surface area contributed by atoms with Gasteiger partial charge in [0.05, 0.1) is 22.9 Å². The number of carbonyl (C=O) groups excluding carboxylic acids is 4. The maximum absolute atomic E-state index is 14.3. The molecule has 7 rings (SSSR count). The molecule has 2 fully saturated rings. The average Bonchev–Trinajstić information content (AvgIpc) is 3.32. The van der Waals surface area contributed by atoms with Crippen LogP contribution in [0.2, 0.25) is 0 Å². The van der Waals surface area contributed by atoms with E-state index in [2.05, 4.69) is 39.0 Å². The molecule has 0 aromatic heterocycles. The van der Waals surface area contributed by atoms with Gasteiger partial charge in [-0.25, -0.2) is 0 Å². The van der Waals surface area contributed by atoms with Crippen LogP contribution in [0.3, 0.4) is 0 Å². The number of aliphatic hydroxyl groups excluding tert-OH is 1. The van der Waals surface area contributed by atoms with Gasteiger partial charge in [-0.3, -0.25) is 29.0 Å². The maximum Gasteiger partial charge on any atom is 0.233 e. The van der Waals surface area contributed by atoms with Crippen molar-refractivity contribution < 1.29 is 29.0 Å². The number of amides is 2. The number of imide groups is 1. The predicted molar refractivity (Wildman–Crippen MR) is 170 cm³/mol. The van der Waals surface area contributed by atoms with E-state index in [1.165, 1.54) is 11.6 Å². The Labute approximate surface area is 270 Å². The number of allylic oxidation sites excluding steroid dienone is 6. The number of likely N-dealkylation sites (tertiary alicyclic amines) is 2. The SMILES string of the molecule is O=C1C=C(Br)C(=O)C2=C1[C@@H](c1ccc(OCCO)cc1)C1=CC[C@@H]3C(=O)N(C4CCN(Cc5ccccc5)CC4)C(=O)[C@@H]3[C@@H]1C2. The number of nitrogens with zero attached hydrogens (tertiary/aromatic N) is 2. The molecule has 2 aliphatic heterocycles. The minimum atomic E-state index is -0.559. The average molecular weight is 672 g/mol. The van der Waals surface area contributed by atoms with Gasteiger partial charge in [-0.05, 0) is 70.8 Å². The summed E-state index contributed by atoms with van der Waals surface area (Å²) in [4.78, 5) is 59.1. The van der Waals surface area contributed by atoms with E-state index in [0.717, 1.165) is 43.6 Å². The molecule has 0 spiro atoms. The molecule has 232 valence electrons. The summed E-state index contributed by atoms with van der Waals surface area (Å²) in [5, 5.41) is 9.13. The number of aliphatic hydroxyl groups is 1. The van der Waals surface area contributed by atoms with Gasteiger partial charge in [0.2, 0.25) is 11.8 Å². The molecule has 2 heterocycles. The van der Waals surface area contributed by atoms with Gasteiger partial charge in [0.25, 0.3) is 0 Å². The van der Waals surface area contributed by atoms with Crippen molar-refractivity contribution in [3.8, 4) is 5.75 Å². The maximum atomic E-state index is 14.3. The number of fused-ring (bicyclic) bond motifs is 3. The van der Waals surface area contributed by atoms with Crippen LogP contribution in [0.5, 0.6) is 5.75 Å². The Morgan fingerprint density at radius 2 is 1.64 bits per heavy atom. The zero-order chi connectivity index (χ0) is 31.2. The summed E-state index contributed by atoms with van der Waals surface area (Å²) in [5.74, 6) is -1.99. The second-order valence-corrected chi connectivity index (χ2v) is 13.4. The summed E-state index contributed by atoms with van der Waals surface area (Å²) >= 11 is 3.29. The third-order valence-electron chi connectivity index (χ3n) is 10.1. The van der Waals surface area contributed by atoms with Crippen LogP contribution in [-0.2, 0) is 25.7 Å². The molecule has 45 heavy (non-hydrogen) atoms. The molecule has 8 nitrogen and oxygen atoms in total. The van der Waals surface area contributed by atoms with Crippen LogP contribution in [0, 0.1) is 17.8 Å². The van der Waals surface area contributed by atoms with Crippen LogP contribution in [0.25, 0.3) is 0 Å². The van der Waals surface area contributed by atoms with E-state index in [9.17, 15) is 19.2 Å². The van der Waals surface area contributed by atoms with Crippen LogP contribution >= 0.6 is 15.9 Å². The molecule has 3 aliphatic carbocycles. The van der Waals surface area contributed by atoms with E-state index in [0.29, 0.717) is 23.3 Å². The normalized spacial score (nSPS) is 27.2. The van der Waals surface area contributed by atoms with Gasteiger partial charge in [-0.2, -0.15) is 0 Å². The van der Waals surface area contributed by atoms with Gasteiger partial charge in [0.1, 0.15) is 12.4 Å². The van der Waals surface area contributed by atoms with Crippen LogP contribution < -0.4 is 4.74 Å². The Hall–Kier alpha value is -3.66. The lowest BCUT2D eigenvalue weighted by Crippen LogP contribution is -2.47. The van der Waals surface area contributed by atoms with Gasteiger partial charge >= 0.3 is 0 Å². The lowest BCUT2D eigenvalue weighted by atomic mass is 9.59. The molecule has 2 amide bonds. The van der Waals surface area contributed by atoms with Gasteiger partial charge in [0.15, 0.2) is 11.6 Å². The van der Waals surface area contributed by atoms with E-state index >= 15 is 0 Å². The molecule has 4 atom stereocenters. The highest BCUT2D eigenvalue weighted by Crippen LogP contribution is 2.55. The molecule has 2 saturated heterocycles. The summed E-state index contributed by atoms with van der Waals surface area (Å²) in [6.45, 7) is 2.53. The number of piperidine rings is 1. The molecule has 2 aromatic rings. The zero-order valence-electron chi connectivity index (χ0n) is 24.9. The number of hydrogen-bond donors (Lipinski definition) is 1. The second kappa shape index (κ2) is 12.3. The fraction of sp³-hybridized carbons (Fsp3) is 0.389. The summed E-state index contributed by atoms with van der Waals surface area (Å²) < 4.78 is 5.77. The topological polar surface area (TPSA) is 104 Å². The molecule has 0 radical (unpaired) electrons. The number of carbonyl (C=O) groups is 4. The Balaban J connectivity index is 1.16. The number of Topliss-reactive ketones (excluding diaryl/α,β-unsaturated/α-hetero) is 1. The monoisotopic (exact) mass is 670 g/mol. The van der Waals surface area contributed by atoms with Crippen molar-refractivity contribution in [2.24, 2.45) is 17.8 Å². The lowest BCUT2D eigenvalue weighted by Gasteiger charge is -2.42. The molecule has 9 heteroatoms. The smallest absolute Gasteiger partial charge is 0.233 e. The molecule has 5 aliphatic rings. The number of hydrogen-bond acceptors (Lipinski definition) is 7. The summed E-state index contributed by atoms with van der Waals surface area (Å²) in [6, 6.07) is 17.5. The zero-order valence-corrected chi connectivity index (χ0v) is 26.4. The van der Waals surface area contributed by atoms with Crippen molar-refractivity contribution in [2.45, 2.75) is 44.2 Å². The third-order valence-corrected chi connectivity index (χ3v) is 10.7. The third kappa shape index (κ3) is 5.34. The number of ether oxygens (including phenoxy) is 1. The highest BCUT2D eigenvalue weighted by Gasteiger charge is 2.57. The second-order valence-electron chi connectivity index (χ2n) is 12.6. The van der Waals surface area contributed by atoms with Crippen molar-refractivity contribution in [1.82, 2.24) is 9.80 Å². The van der Waals surface area contributed by atoms with Crippen molar-refractivity contribution >= 4 is 39.3 Å². The van der Waals surface area contributed by atoms with E-state index in [-0.39, 0.29) is 59.5 Å². The highest BCUT2D eigenvalue weighted by molar-refractivity contribution is 9.12. The quantitative estimate of drug-likeness (QED) is 0.263. The fourth-order valence-electron chi connectivity index (χ4n) is 8.07.